The second-order valence-corrected chi connectivity index (χ2v) is 2.37. The predicted octanol–water partition coefficient (Wildman–Crippen LogP) is -0.306. The molecule has 0 aromatic rings. The third-order valence-corrected chi connectivity index (χ3v) is 1.13. The van der Waals surface area contributed by atoms with Crippen LogP contribution in [0.3, 0.4) is 0 Å². The second kappa shape index (κ2) is 5.50. The smallest absolute Gasteiger partial charge is 0.441 e. The van der Waals surface area contributed by atoms with E-state index in [1.165, 1.54) is 0 Å². The molecule has 0 aliphatic rings. The van der Waals surface area contributed by atoms with E-state index in [-0.39, 0.29) is 0 Å². The van der Waals surface area contributed by atoms with Crippen molar-refractivity contribution in [3.8, 4) is 0 Å². The van der Waals surface area contributed by atoms with Gasteiger partial charge in [-0.3, -0.25) is 4.18 Å². The van der Waals surface area contributed by atoms with Gasteiger partial charge >= 0.3 is 6.18 Å². The van der Waals surface area contributed by atoms with Gasteiger partial charge in [0.1, 0.15) is 0 Å². The Hall–Kier alpha value is -0.220. The molecule has 0 spiro atoms. The predicted molar refractivity (Wildman–Crippen MR) is 32.9 cm³/mol. The van der Waals surface area contributed by atoms with Gasteiger partial charge in [-0.2, -0.15) is 13.2 Å². The highest BCUT2D eigenvalue weighted by Crippen LogP contribution is 2.24. The molecule has 0 aromatic heterocycles. The van der Waals surface area contributed by atoms with Gasteiger partial charge in [0.25, 0.3) is 6.29 Å². The number of rotatable bonds is 5. The zero-order valence-corrected chi connectivity index (χ0v) is 6.93. The van der Waals surface area contributed by atoms with Crippen molar-refractivity contribution in [3.63, 3.8) is 0 Å². The minimum Gasteiger partial charge on any atom is -0.750 e. The molecular formula is C4H6F3O5S-. The summed E-state index contributed by atoms with van der Waals surface area (Å²) in [4.78, 5) is 0. The highest BCUT2D eigenvalue weighted by atomic mass is 32.2. The van der Waals surface area contributed by atoms with E-state index in [1.807, 2.05) is 0 Å². The molecule has 0 aliphatic carbocycles. The summed E-state index contributed by atoms with van der Waals surface area (Å²) >= 11 is -3.32. The monoisotopic (exact) mass is 223 g/mol. The highest BCUT2D eigenvalue weighted by molar-refractivity contribution is 7.74. The Morgan fingerprint density at radius 3 is 2.38 bits per heavy atom. The van der Waals surface area contributed by atoms with E-state index in [0.29, 0.717) is 0 Å². The molecule has 0 saturated carbocycles. The lowest BCUT2D eigenvalue weighted by molar-refractivity contribution is -0.282. The van der Waals surface area contributed by atoms with Crippen LogP contribution in [0.25, 0.3) is 0 Å². The zero-order chi connectivity index (χ0) is 10.5. The van der Waals surface area contributed by atoms with Crippen LogP contribution in [0.4, 0.5) is 13.2 Å². The first kappa shape index (κ1) is 12.8. The lowest BCUT2D eigenvalue weighted by Crippen LogP contribution is -2.35. The summed E-state index contributed by atoms with van der Waals surface area (Å²) < 4.78 is 62.2. The number of hydrogen-bond donors (Lipinski definition) is 1. The Balaban J connectivity index is 4.11. The lowest BCUT2D eigenvalue weighted by atomic mass is 10.6. The van der Waals surface area contributed by atoms with Gasteiger partial charge < -0.3 is 14.4 Å². The van der Waals surface area contributed by atoms with Gasteiger partial charge in [0.05, 0.1) is 24.6 Å². The second-order valence-electron chi connectivity index (χ2n) is 1.77. The van der Waals surface area contributed by atoms with E-state index < -0.39 is 37.0 Å². The van der Waals surface area contributed by atoms with E-state index in [2.05, 4.69) is 8.92 Å². The van der Waals surface area contributed by atoms with Gasteiger partial charge in [-0.05, 0) is 0 Å². The van der Waals surface area contributed by atoms with E-state index in [9.17, 15) is 21.9 Å². The minimum atomic E-state index is -4.95. The van der Waals surface area contributed by atoms with Crippen LogP contribution in [0, 0.1) is 0 Å². The minimum absolute atomic E-state index is 0.665. The van der Waals surface area contributed by atoms with Gasteiger partial charge in [0.15, 0.2) is 0 Å². The Morgan fingerprint density at radius 1 is 1.54 bits per heavy atom. The van der Waals surface area contributed by atoms with Crippen LogP contribution in [-0.4, -0.2) is 39.5 Å². The third-order valence-electron chi connectivity index (χ3n) is 0.794. The summed E-state index contributed by atoms with van der Waals surface area (Å²) in [5.41, 5.74) is 0. The van der Waals surface area contributed by atoms with Crippen LogP contribution in [0.15, 0.2) is 0 Å². The molecule has 0 saturated heterocycles. The van der Waals surface area contributed by atoms with Gasteiger partial charge in [0, 0.05) is 0 Å². The molecule has 80 valence electrons. The van der Waals surface area contributed by atoms with Gasteiger partial charge in [-0.15, -0.1) is 0 Å². The fourth-order valence-electron chi connectivity index (χ4n) is 0.408. The summed E-state index contributed by atoms with van der Waals surface area (Å²) in [6.45, 7) is -1.33. The summed E-state index contributed by atoms with van der Waals surface area (Å²) in [6.07, 6.45) is -7.81. The number of alkyl halides is 3. The van der Waals surface area contributed by atoms with Crippen LogP contribution in [0.1, 0.15) is 0 Å². The molecule has 0 amide bonds. The molecule has 9 heteroatoms. The molecule has 13 heavy (non-hydrogen) atoms. The topological polar surface area (TPSA) is 78.8 Å². The summed E-state index contributed by atoms with van der Waals surface area (Å²) in [5.74, 6) is 0. The average Bonchev–Trinajstić information content (AvgIpc) is 1.95. The first-order valence-electron chi connectivity index (χ1n) is 2.93. The van der Waals surface area contributed by atoms with E-state index in [4.69, 9.17) is 5.11 Å². The van der Waals surface area contributed by atoms with Crippen molar-refractivity contribution in [2.24, 2.45) is 0 Å². The zero-order valence-electron chi connectivity index (χ0n) is 6.11. The van der Waals surface area contributed by atoms with Crippen molar-refractivity contribution in [1.82, 2.24) is 0 Å². The molecule has 0 aliphatic heterocycles. The molecular weight excluding hydrogens is 217 g/mol. The lowest BCUT2D eigenvalue weighted by Gasteiger charge is -2.20. The van der Waals surface area contributed by atoms with Gasteiger partial charge in [0.2, 0.25) is 0 Å². The molecule has 2 atom stereocenters. The third kappa shape index (κ3) is 5.93. The van der Waals surface area contributed by atoms with Crippen molar-refractivity contribution in [2.75, 3.05) is 13.2 Å². The summed E-state index contributed by atoms with van der Waals surface area (Å²) in [6, 6.07) is 0. The Bertz CT molecular complexity index is 172. The summed E-state index contributed by atoms with van der Waals surface area (Å²) in [7, 11) is 0. The molecule has 0 aromatic carbocycles. The van der Waals surface area contributed by atoms with Crippen molar-refractivity contribution in [3.05, 3.63) is 0 Å². The molecule has 0 rings (SSSR count). The van der Waals surface area contributed by atoms with Gasteiger partial charge in [-0.25, -0.2) is 4.21 Å². The largest absolute Gasteiger partial charge is 0.750 e. The fraction of sp³-hybridized carbons (Fsp3) is 1.00. The number of ether oxygens (including phenoxy) is 1. The van der Waals surface area contributed by atoms with Crippen molar-refractivity contribution in [2.45, 2.75) is 12.5 Å². The molecule has 2 unspecified atom stereocenters. The van der Waals surface area contributed by atoms with Crippen LogP contribution in [0.5, 0.6) is 0 Å². The normalized spacial score (nSPS) is 17.0. The molecule has 0 radical (unpaired) electrons. The maximum Gasteiger partial charge on any atom is 0.441 e. The number of aliphatic hydroxyl groups is 1. The maximum absolute atomic E-state index is 11.8. The van der Waals surface area contributed by atoms with E-state index in [1.54, 1.807) is 0 Å². The Labute approximate surface area is 73.9 Å². The number of hydrogen-bond acceptors (Lipinski definition) is 5. The first-order valence-corrected chi connectivity index (χ1v) is 3.93. The Kier molecular flexibility index (Phi) is 5.40. The van der Waals surface area contributed by atoms with E-state index >= 15 is 0 Å². The van der Waals surface area contributed by atoms with E-state index in [0.717, 1.165) is 0 Å². The standard InChI is InChI=1S/C4H7F3O5S/c5-4(6,7)3(11-2-1-8)12-13(9)10/h3,8H,1-2H2,(H,9,10)/p-1. The fourth-order valence-corrected chi connectivity index (χ4v) is 0.715. The molecule has 0 bridgehead atoms. The van der Waals surface area contributed by atoms with Crippen molar-refractivity contribution in [1.29, 1.82) is 0 Å². The van der Waals surface area contributed by atoms with Crippen LogP contribution in [-0.2, 0) is 20.3 Å². The molecule has 0 fully saturated rings. The SMILES string of the molecule is O=S([O-])OC(OCCO)C(F)(F)F. The molecule has 0 heterocycles. The number of halogens is 3. The van der Waals surface area contributed by atoms with Crippen LogP contribution in [0.2, 0.25) is 0 Å². The van der Waals surface area contributed by atoms with Crippen LogP contribution < -0.4 is 0 Å². The van der Waals surface area contributed by atoms with Gasteiger partial charge in [-0.1, -0.05) is 0 Å². The van der Waals surface area contributed by atoms with Crippen molar-refractivity contribution < 1.29 is 36.0 Å². The molecule has 1 N–H and O–H groups in total. The maximum atomic E-state index is 11.8. The van der Waals surface area contributed by atoms with Crippen molar-refractivity contribution >= 4 is 11.4 Å². The first-order chi connectivity index (χ1) is 5.88. The quantitative estimate of drug-likeness (QED) is 0.511. The number of aliphatic hydroxyl groups excluding tert-OH is 1. The average molecular weight is 223 g/mol. The Morgan fingerprint density at radius 2 is 2.08 bits per heavy atom. The highest BCUT2D eigenvalue weighted by Gasteiger charge is 2.42. The van der Waals surface area contributed by atoms with Crippen LogP contribution >= 0.6 is 0 Å². The molecule has 5 nitrogen and oxygen atoms in total. The summed E-state index contributed by atoms with van der Waals surface area (Å²) in [5, 5.41) is 8.11.